The number of allylic oxidation sites excluding steroid dienone is 1. The Morgan fingerprint density at radius 1 is 1.40 bits per heavy atom. The van der Waals surface area contributed by atoms with Crippen LogP contribution in [0.5, 0.6) is 5.88 Å². The van der Waals surface area contributed by atoms with E-state index in [1.54, 1.807) is 4.57 Å². The number of nitrogens with zero attached hydrogens (tertiary/aromatic N) is 1. The minimum atomic E-state index is -0.826. The van der Waals surface area contributed by atoms with Crippen molar-refractivity contribution in [2.24, 2.45) is 0 Å². The molecule has 2 heterocycles. The summed E-state index contributed by atoms with van der Waals surface area (Å²) in [5, 5.41) is 18.9. The van der Waals surface area contributed by atoms with Crippen LogP contribution >= 0.6 is 35.3 Å². The van der Waals surface area contributed by atoms with Crippen LogP contribution in [0.25, 0.3) is 6.08 Å². The van der Waals surface area contributed by atoms with Gasteiger partial charge in [0.1, 0.15) is 0 Å². The van der Waals surface area contributed by atoms with E-state index in [0.717, 1.165) is 29.2 Å². The molecule has 1 saturated heterocycles. The lowest BCUT2D eigenvalue weighted by Gasteiger charge is -2.12. The van der Waals surface area contributed by atoms with Gasteiger partial charge in [-0.15, -0.1) is 11.3 Å². The number of thiazole rings is 1. The van der Waals surface area contributed by atoms with E-state index in [1.807, 2.05) is 17.8 Å². The van der Waals surface area contributed by atoms with Crippen LogP contribution in [0.1, 0.15) is 30.6 Å². The number of carboxylic acids is 1. The number of hydrogen-bond donors (Lipinski definition) is 2. The van der Waals surface area contributed by atoms with E-state index in [0.29, 0.717) is 16.9 Å². The van der Waals surface area contributed by atoms with Gasteiger partial charge < -0.3 is 10.2 Å². The van der Waals surface area contributed by atoms with Crippen LogP contribution in [0.2, 0.25) is 0 Å². The van der Waals surface area contributed by atoms with Crippen molar-refractivity contribution in [3.8, 4) is 5.88 Å². The standard InChI is InChI=1S/C13H17NO3S3/c15-11(16)2-1-5-14-12(17)10(20-13(14)18)8-9-3-6-19-7-4-9/h8,17H,1-7H2,(H,15,16). The van der Waals surface area contributed by atoms with E-state index in [4.69, 9.17) is 17.3 Å². The minimum Gasteiger partial charge on any atom is -0.493 e. The van der Waals surface area contributed by atoms with Gasteiger partial charge in [-0.05, 0) is 49.1 Å². The molecule has 1 aromatic rings. The first-order chi connectivity index (χ1) is 9.58. The number of aromatic nitrogens is 1. The van der Waals surface area contributed by atoms with E-state index in [2.05, 4.69) is 0 Å². The Morgan fingerprint density at radius 2 is 2.10 bits per heavy atom. The van der Waals surface area contributed by atoms with E-state index >= 15 is 0 Å². The lowest BCUT2D eigenvalue weighted by atomic mass is 10.1. The molecular formula is C13H17NO3S3. The normalized spacial score (nSPS) is 15.3. The summed E-state index contributed by atoms with van der Waals surface area (Å²) in [4.78, 5) is 11.3. The fourth-order valence-corrected chi connectivity index (χ4v) is 4.42. The molecule has 1 aliphatic heterocycles. The molecule has 1 aliphatic rings. The van der Waals surface area contributed by atoms with Gasteiger partial charge in [0.2, 0.25) is 5.88 Å². The van der Waals surface area contributed by atoms with Gasteiger partial charge in [0.25, 0.3) is 0 Å². The Morgan fingerprint density at radius 3 is 2.75 bits per heavy atom. The van der Waals surface area contributed by atoms with Gasteiger partial charge in [-0.3, -0.25) is 9.36 Å². The highest BCUT2D eigenvalue weighted by Gasteiger charge is 2.12. The Hall–Kier alpha value is -0.790. The van der Waals surface area contributed by atoms with Crippen LogP contribution in [-0.2, 0) is 11.3 Å². The number of aliphatic carboxylic acids is 1. The van der Waals surface area contributed by atoms with Crippen LogP contribution in [0.4, 0.5) is 0 Å². The topological polar surface area (TPSA) is 62.5 Å². The number of thioether (sulfide) groups is 1. The van der Waals surface area contributed by atoms with E-state index in [-0.39, 0.29) is 12.3 Å². The molecule has 0 atom stereocenters. The predicted octanol–water partition coefficient (Wildman–Crippen LogP) is 3.76. The first-order valence-electron chi connectivity index (χ1n) is 6.49. The fraction of sp³-hybridized carbons (Fsp3) is 0.538. The van der Waals surface area contributed by atoms with Crippen molar-refractivity contribution in [2.75, 3.05) is 11.5 Å². The van der Waals surface area contributed by atoms with Gasteiger partial charge in [-0.2, -0.15) is 11.8 Å². The Balaban J connectivity index is 2.11. The van der Waals surface area contributed by atoms with Crippen molar-refractivity contribution >= 4 is 47.4 Å². The van der Waals surface area contributed by atoms with Crippen LogP contribution in [-0.4, -0.2) is 32.3 Å². The molecule has 0 saturated carbocycles. The van der Waals surface area contributed by atoms with Crippen molar-refractivity contribution in [3.63, 3.8) is 0 Å². The molecule has 0 bridgehead atoms. The Labute approximate surface area is 131 Å². The smallest absolute Gasteiger partial charge is 0.303 e. The monoisotopic (exact) mass is 331 g/mol. The highest BCUT2D eigenvalue weighted by molar-refractivity contribution is 7.99. The zero-order valence-corrected chi connectivity index (χ0v) is 13.5. The van der Waals surface area contributed by atoms with Crippen molar-refractivity contribution in [1.29, 1.82) is 0 Å². The molecule has 1 aromatic heterocycles. The first-order valence-corrected chi connectivity index (χ1v) is 8.87. The molecule has 20 heavy (non-hydrogen) atoms. The predicted molar refractivity (Wildman–Crippen MR) is 86.2 cm³/mol. The average Bonchev–Trinajstić information content (AvgIpc) is 2.67. The average molecular weight is 331 g/mol. The van der Waals surface area contributed by atoms with Crippen LogP contribution in [0.3, 0.4) is 0 Å². The summed E-state index contributed by atoms with van der Waals surface area (Å²) < 4.78 is 2.23. The molecule has 7 heteroatoms. The summed E-state index contributed by atoms with van der Waals surface area (Å²) in [6.45, 7) is 0.451. The van der Waals surface area contributed by atoms with Crippen LogP contribution in [0, 0.1) is 3.95 Å². The second kappa shape index (κ2) is 7.28. The summed E-state index contributed by atoms with van der Waals surface area (Å²) in [6, 6.07) is 0. The second-order valence-electron chi connectivity index (χ2n) is 4.62. The third-order valence-electron chi connectivity index (χ3n) is 3.14. The maximum Gasteiger partial charge on any atom is 0.303 e. The summed E-state index contributed by atoms with van der Waals surface area (Å²) in [5.74, 6) is 1.62. The molecule has 4 nitrogen and oxygen atoms in total. The van der Waals surface area contributed by atoms with E-state index in [9.17, 15) is 9.90 Å². The summed E-state index contributed by atoms with van der Waals surface area (Å²) in [7, 11) is 0. The molecule has 1 fully saturated rings. The van der Waals surface area contributed by atoms with Crippen LogP contribution < -0.4 is 0 Å². The fourth-order valence-electron chi connectivity index (χ4n) is 2.06. The van der Waals surface area contributed by atoms with Gasteiger partial charge in [0, 0.05) is 13.0 Å². The molecule has 110 valence electrons. The molecule has 2 N–H and O–H groups in total. The molecule has 2 rings (SSSR count). The van der Waals surface area contributed by atoms with Gasteiger partial charge >= 0.3 is 5.97 Å². The summed E-state index contributed by atoms with van der Waals surface area (Å²) in [6.07, 6.45) is 4.73. The number of hydrogen-bond acceptors (Lipinski definition) is 5. The van der Waals surface area contributed by atoms with Gasteiger partial charge in [-0.1, -0.05) is 5.57 Å². The lowest BCUT2D eigenvalue weighted by molar-refractivity contribution is -0.137. The Kier molecular flexibility index (Phi) is 5.68. The van der Waals surface area contributed by atoms with Crippen molar-refractivity contribution < 1.29 is 15.0 Å². The van der Waals surface area contributed by atoms with Crippen molar-refractivity contribution in [3.05, 3.63) is 14.4 Å². The first kappa shape index (κ1) is 15.6. The maximum absolute atomic E-state index is 10.5. The quantitative estimate of drug-likeness (QED) is 0.804. The molecule has 0 spiro atoms. The van der Waals surface area contributed by atoms with Gasteiger partial charge in [0.15, 0.2) is 3.95 Å². The molecule has 0 aromatic carbocycles. The zero-order chi connectivity index (χ0) is 14.5. The third kappa shape index (κ3) is 4.10. The second-order valence-corrected chi connectivity index (χ2v) is 7.52. The van der Waals surface area contributed by atoms with E-state index in [1.165, 1.54) is 16.9 Å². The van der Waals surface area contributed by atoms with Crippen LogP contribution in [0.15, 0.2) is 5.57 Å². The lowest BCUT2D eigenvalue weighted by Crippen LogP contribution is -2.01. The highest BCUT2D eigenvalue weighted by Crippen LogP contribution is 2.32. The molecule has 0 aliphatic carbocycles. The number of aromatic hydroxyl groups is 1. The summed E-state index contributed by atoms with van der Waals surface area (Å²) >= 11 is 8.59. The Bertz CT molecular complexity index is 566. The maximum atomic E-state index is 10.5. The molecular weight excluding hydrogens is 314 g/mol. The van der Waals surface area contributed by atoms with Crippen molar-refractivity contribution in [1.82, 2.24) is 4.57 Å². The number of carboxylic acid groups (broad SMARTS) is 1. The largest absolute Gasteiger partial charge is 0.493 e. The zero-order valence-electron chi connectivity index (χ0n) is 11.0. The summed E-state index contributed by atoms with van der Waals surface area (Å²) in [5.41, 5.74) is 1.35. The SMILES string of the molecule is O=C(O)CCCn1c(O)c(C=C2CCSCC2)sc1=S. The van der Waals surface area contributed by atoms with Gasteiger partial charge in [0.05, 0.1) is 4.88 Å². The minimum absolute atomic E-state index is 0.0880. The van der Waals surface area contributed by atoms with Gasteiger partial charge in [-0.25, -0.2) is 0 Å². The van der Waals surface area contributed by atoms with E-state index < -0.39 is 5.97 Å². The molecule has 0 unspecified atom stereocenters. The number of rotatable bonds is 5. The third-order valence-corrected chi connectivity index (χ3v) is 5.51. The number of carbonyl (C=O) groups is 1. The highest BCUT2D eigenvalue weighted by atomic mass is 32.2. The van der Waals surface area contributed by atoms with Crippen molar-refractivity contribution in [2.45, 2.75) is 32.2 Å². The molecule has 0 radical (unpaired) electrons. The molecule has 0 amide bonds.